The van der Waals surface area contributed by atoms with Gasteiger partial charge >= 0.3 is 231 Å². The zero-order valence-corrected chi connectivity index (χ0v) is 22.5. The van der Waals surface area contributed by atoms with E-state index in [0.29, 0.717) is 0 Å². The molecule has 2 aliphatic heterocycles. The zero-order valence-electron chi connectivity index (χ0n) is 15.5. The second-order valence-corrected chi connectivity index (χ2v) is 12.0. The fourth-order valence-corrected chi connectivity index (χ4v) is 7.74. The molecule has 3 aromatic carbocycles. The quantitative estimate of drug-likeness (QED) is 0.157. The molecule has 34 heavy (non-hydrogen) atoms. The van der Waals surface area contributed by atoms with Gasteiger partial charge in [-0.1, -0.05) is 0 Å². The van der Waals surface area contributed by atoms with Crippen LogP contribution in [0.5, 0.6) is 34.5 Å². The molecule has 6 nitrogen and oxygen atoms in total. The van der Waals surface area contributed by atoms with E-state index in [4.69, 9.17) is 115 Å². The molecule has 3 aromatic rings. The molecule has 0 saturated carbocycles. The molecule has 0 atom stereocenters. The Hall–Kier alpha value is -0.860. The van der Waals surface area contributed by atoms with Crippen LogP contribution in [0.4, 0.5) is 4.39 Å². The van der Waals surface area contributed by atoms with Crippen LogP contribution in [0, 0.1) is 5.82 Å². The topological polar surface area (TPSA) is 69.2 Å². The number of hydrogen-bond acceptors (Lipinski definition) is 6. The first-order valence-electron chi connectivity index (χ1n) is 8.58. The first-order valence-corrected chi connectivity index (χ1v) is 13.4. The van der Waals surface area contributed by atoms with Gasteiger partial charge in [0, 0.05) is 0 Å². The summed E-state index contributed by atoms with van der Waals surface area (Å²) in [5.41, 5.74) is 0. The van der Waals surface area contributed by atoms with Gasteiger partial charge < -0.3 is 0 Å². The molecule has 180 valence electrons. The molecule has 0 N–H and O–H groups in total. The van der Waals surface area contributed by atoms with Gasteiger partial charge in [-0.2, -0.15) is 0 Å². The van der Waals surface area contributed by atoms with Crippen molar-refractivity contribution in [3.05, 3.63) is 64.2 Å². The van der Waals surface area contributed by atoms with Crippen molar-refractivity contribution in [1.29, 1.82) is 0 Å². The van der Waals surface area contributed by atoms with Crippen LogP contribution in [0.15, 0.2) is 18.2 Å². The number of halogens is 9. The number of hydrogen-bond donors (Lipinski definition) is 0. The van der Waals surface area contributed by atoms with E-state index < -0.39 is 25.1 Å². The minimum atomic E-state index is -5.59. The summed E-state index contributed by atoms with van der Waals surface area (Å²) in [6.45, 7) is 0. The third kappa shape index (κ3) is 3.48. The molecule has 1 spiro atoms. The van der Waals surface area contributed by atoms with Crippen LogP contribution in [0.3, 0.4) is 0 Å². The molecule has 0 fully saturated rings. The van der Waals surface area contributed by atoms with Crippen molar-refractivity contribution in [2.45, 2.75) is 0 Å². The monoisotopic (exact) mass is 645 g/mol. The van der Waals surface area contributed by atoms with E-state index in [1.807, 2.05) is 0 Å². The number of fused-ring (bicyclic) bond motifs is 2. The summed E-state index contributed by atoms with van der Waals surface area (Å²) in [6, 6.07) is 2.56. The summed E-state index contributed by atoms with van der Waals surface area (Å²) in [4.78, 5) is 0. The minimum absolute atomic E-state index is 0.191. The van der Waals surface area contributed by atoms with E-state index in [1.165, 1.54) is 0 Å². The molecule has 16 heteroatoms. The maximum absolute atomic E-state index is 14.0. The normalized spacial score (nSPS) is 17.5. The predicted molar refractivity (Wildman–Crippen MR) is 129 cm³/mol. The predicted octanol–water partition coefficient (Wildman–Crippen LogP) is 9.58. The first-order chi connectivity index (χ1) is 15.9. The fraction of sp³-hybridized carbons (Fsp3) is 0. The van der Waals surface area contributed by atoms with Gasteiger partial charge in [-0.05, 0) is 0 Å². The van der Waals surface area contributed by atoms with E-state index in [-0.39, 0.29) is 63.2 Å². The summed E-state index contributed by atoms with van der Waals surface area (Å²) in [6.07, 6.45) is 0. The van der Waals surface area contributed by atoms with Crippen molar-refractivity contribution in [1.82, 2.24) is 0 Å². The third-order valence-corrected chi connectivity index (χ3v) is 10.4. The van der Waals surface area contributed by atoms with Gasteiger partial charge in [-0.25, -0.2) is 0 Å². The molecular weight excluding hydrogens is 646 g/mol. The van der Waals surface area contributed by atoms with Crippen molar-refractivity contribution >= 4 is 101 Å². The van der Waals surface area contributed by atoms with Crippen LogP contribution in [-0.2, 0) is 0 Å². The van der Waals surface area contributed by atoms with E-state index in [9.17, 15) is 9.50 Å². The molecule has 0 bridgehead atoms. The van der Waals surface area contributed by atoms with Gasteiger partial charge in [-0.3, -0.25) is 0 Å². The Morgan fingerprint density at radius 2 is 0.971 bits per heavy atom. The third-order valence-electron chi connectivity index (χ3n) is 4.48. The summed E-state index contributed by atoms with van der Waals surface area (Å²) in [7, 11) is -5.59. The Kier molecular flexibility index (Phi) is 5.89. The summed E-state index contributed by atoms with van der Waals surface area (Å²) in [5.74, 6) is -3.45. The van der Waals surface area contributed by atoms with Crippen LogP contribution in [0.2, 0.25) is 40.2 Å². The Morgan fingerprint density at radius 3 is 1.32 bits per heavy atom. The van der Waals surface area contributed by atoms with Crippen LogP contribution in [0.25, 0.3) is 0 Å². The molecule has 5 rings (SSSR count). The van der Waals surface area contributed by atoms with Gasteiger partial charge in [0.1, 0.15) is 0 Å². The Morgan fingerprint density at radius 1 is 0.618 bits per heavy atom. The average molecular weight is 649 g/mol. The second-order valence-electron chi connectivity index (χ2n) is 6.62. The molecule has 2 aliphatic rings. The molecule has 0 aromatic heterocycles. The maximum atomic E-state index is 14.0. The van der Waals surface area contributed by atoms with Crippen LogP contribution in [0.1, 0.15) is 0 Å². The van der Waals surface area contributed by atoms with Crippen molar-refractivity contribution < 1.29 is 32.1 Å². The van der Waals surface area contributed by atoms with Gasteiger partial charge in [0.05, 0.1) is 0 Å². The molecule has 0 unspecified atom stereocenters. The first kappa shape index (κ1) is 24.8. The summed E-state index contributed by atoms with van der Waals surface area (Å²) >= 11 is 49.6. The van der Waals surface area contributed by atoms with Gasteiger partial charge in [-0.15, -0.1) is 0 Å². The van der Waals surface area contributed by atoms with Crippen molar-refractivity contribution in [3.63, 3.8) is 0 Å². The molecule has 0 aliphatic carbocycles. The second kappa shape index (κ2) is 8.07. The van der Waals surface area contributed by atoms with E-state index >= 15 is 0 Å². The van der Waals surface area contributed by atoms with Crippen molar-refractivity contribution in [3.8, 4) is 34.5 Å². The Bertz CT molecular complexity index is 1280. The average Bonchev–Trinajstić information content (AvgIpc) is 3.32. The van der Waals surface area contributed by atoms with Gasteiger partial charge in [0.15, 0.2) is 0 Å². The van der Waals surface area contributed by atoms with Crippen LogP contribution >= 0.6 is 101 Å². The van der Waals surface area contributed by atoms with Crippen LogP contribution in [-0.4, -0.2) is 0 Å². The van der Waals surface area contributed by atoms with Crippen molar-refractivity contribution in [2.75, 3.05) is 0 Å². The molecule has 0 amide bonds. The number of rotatable bonds is 2. The number of benzene rings is 3. The zero-order chi connectivity index (χ0) is 24.8. The molecule has 2 heterocycles. The SMILES string of the molecule is [O-]c1ccc(F)cc1OP12(Oc3c(Cl)c(Cl)c(Cl)c(Cl)c3O1)Oc1c(Cl)c(Cl)c(Cl)c(Cl)c1O2. The van der Waals surface area contributed by atoms with E-state index in [2.05, 4.69) is 0 Å². The Balaban J connectivity index is 1.77. The molecule has 0 radical (unpaired) electrons. The molecular formula is C18H3Cl8FO6P-. The van der Waals surface area contributed by atoms with E-state index in [0.717, 1.165) is 18.2 Å². The van der Waals surface area contributed by atoms with Gasteiger partial charge in [0.2, 0.25) is 0 Å². The summed E-state index contributed by atoms with van der Waals surface area (Å²) < 4.78 is 43.2. The van der Waals surface area contributed by atoms with Crippen molar-refractivity contribution in [2.24, 2.45) is 0 Å². The standard InChI is InChI=1S/C18H4Cl8FO6P/c19-7-8(20)12(24)16-15(11(7)23)30-34(31-16,29-6-3-4(27)1-2-5(6)28)32-17-13(25)9(21)10(22)14(26)18(17)33-34/h1-3,28H/p-1. The van der Waals surface area contributed by atoms with E-state index in [1.54, 1.807) is 0 Å². The molecule has 0 saturated heterocycles. The summed E-state index contributed by atoms with van der Waals surface area (Å²) in [5, 5.41) is 10.7. The fourth-order valence-electron chi connectivity index (χ4n) is 3.01. The Labute approximate surface area is 230 Å². The van der Waals surface area contributed by atoms with Gasteiger partial charge in [0.25, 0.3) is 0 Å². The van der Waals surface area contributed by atoms with Crippen LogP contribution < -0.4 is 27.7 Å².